The number of rotatable bonds is 5. The maximum atomic E-state index is 12.3. The van der Waals surface area contributed by atoms with Crippen LogP contribution in [0.2, 0.25) is 0 Å². The minimum atomic E-state index is -0.0449. The Labute approximate surface area is 129 Å². The van der Waals surface area contributed by atoms with Crippen molar-refractivity contribution in [1.82, 2.24) is 15.2 Å². The predicted molar refractivity (Wildman–Crippen MR) is 86.6 cm³/mol. The second-order valence-corrected chi connectivity index (χ2v) is 6.52. The Kier molecular flexibility index (Phi) is 5.09. The number of carbonyl (C=O) groups is 1. The normalized spacial score (nSPS) is 10.9. The molecule has 0 spiro atoms. The van der Waals surface area contributed by atoms with Crippen LogP contribution in [-0.2, 0) is 13.1 Å². The number of aryl methyl sites for hydroxylation is 2. The third-order valence-electron chi connectivity index (χ3n) is 3.03. The summed E-state index contributed by atoms with van der Waals surface area (Å²) in [5.41, 5.74) is 3.11. The van der Waals surface area contributed by atoms with Crippen molar-refractivity contribution in [2.45, 2.75) is 26.9 Å². The van der Waals surface area contributed by atoms with Crippen molar-refractivity contribution >= 4 is 17.2 Å². The van der Waals surface area contributed by atoms with E-state index >= 15 is 0 Å². The molecule has 0 aliphatic heterocycles. The molecule has 0 unspecified atom stereocenters. The van der Waals surface area contributed by atoms with Gasteiger partial charge in [-0.2, -0.15) is 0 Å². The highest BCUT2D eigenvalue weighted by Gasteiger charge is 2.15. The van der Waals surface area contributed by atoms with E-state index in [1.165, 1.54) is 16.9 Å². The highest BCUT2D eigenvalue weighted by Crippen LogP contribution is 2.19. The van der Waals surface area contributed by atoms with Gasteiger partial charge in [-0.25, -0.2) is 4.98 Å². The first kappa shape index (κ1) is 15.7. The van der Waals surface area contributed by atoms with E-state index in [-0.39, 0.29) is 5.91 Å². The van der Waals surface area contributed by atoms with Gasteiger partial charge in [-0.3, -0.25) is 4.79 Å². The monoisotopic (exact) mass is 303 g/mol. The number of aromatic nitrogens is 1. The maximum absolute atomic E-state index is 12.3. The maximum Gasteiger partial charge on any atom is 0.263 e. The third kappa shape index (κ3) is 4.37. The van der Waals surface area contributed by atoms with Crippen molar-refractivity contribution in [3.8, 4) is 0 Å². The summed E-state index contributed by atoms with van der Waals surface area (Å²) in [4.78, 5) is 19.5. The van der Waals surface area contributed by atoms with Crippen molar-refractivity contribution in [1.29, 1.82) is 0 Å². The average molecular weight is 303 g/mol. The lowest BCUT2D eigenvalue weighted by molar-refractivity contribution is 0.0954. The van der Waals surface area contributed by atoms with Gasteiger partial charge in [0.2, 0.25) is 0 Å². The van der Waals surface area contributed by atoms with Gasteiger partial charge in [0, 0.05) is 13.1 Å². The molecule has 1 amide bonds. The first-order valence-electron chi connectivity index (χ1n) is 6.90. The molecular formula is C16H21N3OS. The lowest BCUT2D eigenvalue weighted by Gasteiger charge is -2.05. The van der Waals surface area contributed by atoms with Crippen LogP contribution in [0.15, 0.2) is 24.3 Å². The van der Waals surface area contributed by atoms with Gasteiger partial charge in [0.15, 0.2) is 0 Å². The van der Waals surface area contributed by atoms with Crippen LogP contribution in [0.5, 0.6) is 0 Å². The van der Waals surface area contributed by atoms with E-state index in [9.17, 15) is 4.79 Å². The van der Waals surface area contributed by atoms with Gasteiger partial charge in [0.1, 0.15) is 9.88 Å². The smallest absolute Gasteiger partial charge is 0.263 e. The molecule has 0 aliphatic rings. The number of nitrogens with one attached hydrogen (secondary N) is 1. The highest BCUT2D eigenvalue weighted by molar-refractivity contribution is 7.13. The minimum Gasteiger partial charge on any atom is -0.347 e. The Bertz CT molecular complexity index is 634. The quantitative estimate of drug-likeness (QED) is 0.924. The summed E-state index contributed by atoms with van der Waals surface area (Å²) in [5.74, 6) is -0.0449. The van der Waals surface area contributed by atoms with Gasteiger partial charge < -0.3 is 10.2 Å². The first-order chi connectivity index (χ1) is 9.95. The number of carbonyl (C=O) groups excluding carboxylic acids is 1. The zero-order chi connectivity index (χ0) is 15.4. The standard InChI is InChI=1S/C16H21N3OS/c1-11-6-5-7-13(8-11)9-17-16(20)15-12(2)18-14(21-15)10-19(3)4/h5-8H,9-10H2,1-4H3,(H,17,20). The first-order valence-corrected chi connectivity index (χ1v) is 7.72. The highest BCUT2D eigenvalue weighted by atomic mass is 32.1. The van der Waals surface area contributed by atoms with Crippen LogP contribution in [0, 0.1) is 13.8 Å². The predicted octanol–water partition coefficient (Wildman–Crippen LogP) is 2.75. The molecule has 4 nitrogen and oxygen atoms in total. The molecule has 112 valence electrons. The second-order valence-electron chi connectivity index (χ2n) is 5.43. The van der Waals surface area contributed by atoms with Crippen LogP contribution < -0.4 is 5.32 Å². The van der Waals surface area contributed by atoms with Gasteiger partial charge in [-0.1, -0.05) is 29.8 Å². The van der Waals surface area contributed by atoms with Crippen molar-refractivity contribution in [2.24, 2.45) is 0 Å². The molecule has 5 heteroatoms. The van der Waals surface area contributed by atoms with E-state index in [1.807, 2.05) is 51.0 Å². The molecule has 2 rings (SSSR count). The molecule has 1 heterocycles. The van der Waals surface area contributed by atoms with E-state index in [0.29, 0.717) is 11.4 Å². The molecule has 0 saturated heterocycles. The van der Waals surface area contributed by atoms with Crippen LogP contribution in [0.3, 0.4) is 0 Å². The minimum absolute atomic E-state index is 0.0449. The summed E-state index contributed by atoms with van der Waals surface area (Å²) >= 11 is 1.47. The lowest BCUT2D eigenvalue weighted by atomic mass is 10.1. The number of hydrogen-bond acceptors (Lipinski definition) is 4. The number of benzene rings is 1. The summed E-state index contributed by atoms with van der Waals surface area (Å²) in [6, 6.07) is 8.15. The van der Waals surface area contributed by atoms with Gasteiger partial charge in [0.25, 0.3) is 5.91 Å². The Hall–Kier alpha value is -1.72. The zero-order valence-corrected chi connectivity index (χ0v) is 13.8. The van der Waals surface area contributed by atoms with Crippen molar-refractivity contribution in [2.75, 3.05) is 14.1 Å². The summed E-state index contributed by atoms with van der Waals surface area (Å²) in [7, 11) is 3.99. The number of nitrogens with zero attached hydrogens (tertiary/aromatic N) is 2. The zero-order valence-electron chi connectivity index (χ0n) is 12.9. The van der Waals surface area contributed by atoms with Crippen molar-refractivity contribution < 1.29 is 4.79 Å². The third-order valence-corrected chi connectivity index (χ3v) is 4.18. The molecule has 0 atom stereocenters. The fourth-order valence-corrected chi connectivity index (χ4v) is 3.19. The van der Waals surface area contributed by atoms with E-state index in [4.69, 9.17) is 0 Å². The van der Waals surface area contributed by atoms with Crippen LogP contribution in [0.1, 0.15) is 31.5 Å². The molecule has 0 radical (unpaired) electrons. The average Bonchev–Trinajstić information content (AvgIpc) is 2.76. The summed E-state index contributed by atoms with van der Waals surface area (Å²) in [5, 5.41) is 3.94. The van der Waals surface area contributed by atoms with Crippen LogP contribution in [-0.4, -0.2) is 29.9 Å². The van der Waals surface area contributed by atoms with Gasteiger partial charge in [-0.05, 0) is 33.5 Å². The van der Waals surface area contributed by atoms with Gasteiger partial charge >= 0.3 is 0 Å². The SMILES string of the molecule is Cc1cccc(CNC(=O)c2sc(CN(C)C)nc2C)c1. The molecule has 1 aromatic carbocycles. The van der Waals surface area contributed by atoms with Crippen LogP contribution >= 0.6 is 11.3 Å². The molecule has 0 saturated carbocycles. The Balaban J connectivity index is 2.01. The van der Waals surface area contributed by atoms with E-state index < -0.39 is 0 Å². The number of thiazole rings is 1. The molecule has 2 aromatic rings. The Morgan fingerprint density at radius 2 is 2.10 bits per heavy atom. The summed E-state index contributed by atoms with van der Waals surface area (Å²) in [6.07, 6.45) is 0. The topological polar surface area (TPSA) is 45.2 Å². The van der Waals surface area contributed by atoms with Crippen molar-refractivity contribution in [3.05, 3.63) is 51.0 Å². The lowest BCUT2D eigenvalue weighted by Crippen LogP contribution is -2.22. The molecule has 21 heavy (non-hydrogen) atoms. The molecular weight excluding hydrogens is 282 g/mol. The van der Waals surface area contributed by atoms with E-state index in [1.54, 1.807) is 0 Å². The Morgan fingerprint density at radius 3 is 2.76 bits per heavy atom. The molecule has 0 aliphatic carbocycles. The molecule has 1 N–H and O–H groups in total. The van der Waals surface area contributed by atoms with E-state index in [2.05, 4.69) is 16.4 Å². The van der Waals surface area contributed by atoms with Crippen molar-refractivity contribution in [3.63, 3.8) is 0 Å². The van der Waals surface area contributed by atoms with Crippen LogP contribution in [0.4, 0.5) is 0 Å². The van der Waals surface area contributed by atoms with Gasteiger partial charge in [-0.15, -0.1) is 11.3 Å². The van der Waals surface area contributed by atoms with Gasteiger partial charge in [0.05, 0.1) is 5.69 Å². The fourth-order valence-electron chi connectivity index (χ4n) is 2.09. The molecule has 1 aromatic heterocycles. The van der Waals surface area contributed by atoms with E-state index in [0.717, 1.165) is 22.8 Å². The fraction of sp³-hybridized carbons (Fsp3) is 0.375. The number of hydrogen-bond donors (Lipinski definition) is 1. The summed E-state index contributed by atoms with van der Waals surface area (Å²) < 4.78 is 0. The molecule has 0 fully saturated rings. The molecule has 0 bridgehead atoms. The summed E-state index contributed by atoms with van der Waals surface area (Å²) in [6.45, 7) is 5.24. The Morgan fingerprint density at radius 1 is 1.33 bits per heavy atom. The number of amides is 1. The second kappa shape index (κ2) is 6.83. The van der Waals surface area contributed by atoms with Crippen LogP contribution in [0.25, 0.3) is 0 Å². The largest absolute Gasteiger partial charge is 0.347 e.